The fourth-order valence-corrected chi connectivity index (χ4v) is 3.55. The van der Waals surface area contributed by atoms with Crippen LogP contribution in [0.4, 0.5) is 0 Å². The zero-order valence-electron chi connectivity index (χ0n) is 20.3. The van der Waals surface area contributed by atoms with Gasteiger partial charge in [-0.1, -0.05) is 78.9 Å². The third kappa shape index (κ3) is 7.20. The van der Waals surface area contributed by atoms with Crippen molar-refractivity contribution in [1.82, 2.24) is 0 Å². The van der Waals surface area contributed by atoms with E-state index in [4.69, 9.17) is 14.2 Å². The molecule has 0 amide bonds. The summed E-state index contributed by atoms with van der Waals surface area (Å²) in [5.41, 5.74) is 4.02. The molecule has 0 saturated heterocycles. The predicted molar refractivity (Wildman–Crippen MR) is 145 cm³/mol. The van der Waals surface area contributed by atoms with E-state index >= 15 is 0 Å². The molecule has 0 aliphatic heterocycles. The zero-order chi connectivity index (χ0) is 25.9. The summed E-state index contributed by atoms with van der Waals surface area (Å²) in [5, 5.41) is 9.55. The van der Waals surface area contributed by atoms with Crippen LogP contribution in [0.3, 0.4) is 0 Å². The zero-order valence-corrected chi connectivity index (χ0v) is 20.3. The normalized spacial score (nSPS) is 11.1. The summed E-state index contributed by atoms with van der Waals surface area (Å²) in [6.45, 7) is 0.489. The van der Waals surface area contributed by atoms with Gasteiger partial charge in [0.1, 0.15) is 12.4 Å². The second-order valence-electron chi connectivity index (χ2n) is 8.04. The van der Waals surface area contributed by atoms with E-state index in [1.807, 2.05) is 84.9 Å². The van der Waals surface area contributed by atoms with Gasteiger partial charge >= 0.3 is 5.97 Å². The Morgan fingerprint density at radius 3 is 2.19 bits per heavy atom. The monoisotopic (exact) mass is 487 g/mol. The van der Waals surface area contributed by atoms with Crippen LogP contribution < -0.4 is 14.2 Å². The first-order valence-corrected chi connectivity index (χ1v) is 11.7. The van der Waals surface area contributed by atoms with Gasteiger partial charge < -0.3 is 14.2 Å². The van der Waals surface area contributed by atoms with E-state index in [1.54, 1.807) is 30.4 Å². The highest BCUT2D eigenvalue weighted by Crippen LogP contribution is 2.30. The highest BCUT2D eigenvalue weighted by Gasteiger charge is 2.10. The van der Waals surface area contributed by atoms with Gasteiger partial charge in [-0.2, -0.15) is 5.26 Å². The molecule has 0 saturated carbocycles. The van der Waals surface area contributed by atoms with E-state index in [0.29, 0.717) is 17.9 Å². The largest absolute Gasteiger partial charge is 0.493 e. The SMILES string of the molecule is COc1cc(/C=C(/C#N)c2ccccc2)ccc1OC(=O)/C=C/c1ccc(OCc2ccccc2)cc1. The Hall–Kier alpha value is -5.08. The lowest BCUT2D eigenvalue weighted by Gasteiger charge is -2.09. The number of nitrogens with zero attached hydrogens (tertiary/aromatic N) is 1. The van der Waals surface area contributed by atoms with Crippen LogP contribution in [-0.4, -0.2) is 13.1 Å². The third-order valence-electron chi connectivity index (χ3n) is 5.45. The van der Waals surface area contributed by atoms with Crippen molar-refractivity contribution in [2.24, 2.45) is 0 Å². The highest BCUT2D eigenvalue weighted by atomic mass is 16.6. The number of esters is 1. The van der Waals surface area contributed by atoms with Crippen molar-refractivity contribution in [3.63, 3.8) is 0 Å². The number of carbonyl (C=O) groups is 1. The highest BCUT2D eigenvalue weighted by molar-refractivity contribution is 5.91. The van der Waals surface area contributed by atoms with Crippen LogP contribution >= 0.6 is 0 Å². The number of allylic oxidation sites excluding steroid dienone is 1. The maximum Gasteiger partial charge on any atom is 0.336 e. The quantitative estimate of drug-likeness (QED) is 0.0839. The molecule has 0 aliphatic carbocycles. The summed E-state index contributed by atoms with van der Waals surface area (Å²) in [4.78, 5) is 12.4. The molecule has 0 N–H and O–H groups in total. The Morgan fingerprint density at radius 1 is 0.838 bits per heavy atom. The fourth-order valence-electron chi connectivity index (χ4n) is 3.55. The number of hydrogen-bond acceptors (Lipinski definition) is 5. The van der Waals surface area contributed by atoms with Crippen LogP contribution in [-0.2, 0) is 11.4 Å². The first kappa shape index (κ1) is 25.0. The number of carbonyl (C=O) groups excluding carboxylic acids is 1. The molecule has 4 aromatic rings. The van der Waals surface area contributed by atoms with Crippen molar-refractivity contribution in [2.45, 2.75) is 6.61 Å². The fraction of sp³-hybridized carbons (Fsp3) is 0.0625. The molecule has 0 spiro atoms. The molecule has 0 radical (unpaired) electrons. The van der Waals surface area contributed by atoms with Crippen molar-refractivity contribution in [1.29, 1.82) is 5.26 Å². The second-order valence-corrected chi connectivity index (χ2v) is 8.04. The van der Waals surface area contributed by atoms with E-state index < -0.39 is 5.97 Å². The molecule has 0 aliphatic rings. The maximum atomic E-state index is 12.4. The van der Waals surface area contributed by atoms with Gasteiger partial charge in [-0.3, -0.25) is 0 Å². The number of rotatable bonds is 9. The van der Waals surface area contributed by atoms with E-state index in [9.17, 15) is 10.1 Å². The molecule has 0 unspecified atom stereocenters. The summed E-state index contributed by atoms with van der Waals surface area (Å²) in [7, 11) is 1.50. The smallest absolute Gasteiger partial charge is 0.336 e. The topological polar surface area (TPSA) is 68.5 Å². The molecular weight excluding hydrogens is 462 g/mol. The van der Waals surface area contributed by atoms with Crippen molar-refractivity contribution in [3.8, 4) is 23.3 Å². The van der Waals surface area contributed by atoms with Crippen LogP contribution in [0.5, 0.6) is 17.2 Å². The summed E-state index contributed by atoms with van der Waals surface area (Å²) >= 11 is 0. The minimum atomic E-state index is -0.534. The Balaban J connectivity index is 1.38. The number of methoxy groups -OCH3 is 1. The van der Waals surface area contributed by atoms with Gasteiger partial charge in [-0.15, -0.1) is 0 Å². The van der Waals surface area contributed by atoms with Gasteiger partial charge in [0.05, 0.1) is 18.8 Å². The molecule has 37 heavy (non-hydrogen) atoms. The van der Waals surface area contributed by atoms with Gasteiger partial charge in [0.15, 0.2) is 11.5 Å². The third-order valence-corrected chi connectivity index (χ3v) is 5.45. The molecular formula is C32H25NO4. The standard InChI is InChI=1S/C32H25NO4/c1-35-31-21-26(20-28(22-33)27-10-6-3-7-11-27)14-18-30(31)37-32(34)19-15-24-12-16-29(17-13-24)36-23-25-8-4-2-5-9-25/h2-21H,23H2,1H3/b19-15+,28-20-. The summed E-state index contributed by atoms with van der Waals surface area (Å²) in [6.07, 6.45) is 4.79. The Labute approximate surface area is 216 Å². The van der Waals surface area contributed by atoms with Crippen LogP contribution in [0.1, 0.15) is 22.3 Å². The Morgan fingerprint density at radius 2 is 1.51 bits per heavy atom. The van der Waals surface area contributed by atoms with E-state index in [1.165, 1.54) is 13.2 Å². The van der Waals surface area contributed by atoms with Crippen molar-refractivity contribution >= 4 is 23.7 Å². The van der Waals surface area contributed by atoms with Crippen LogP contribution in [0.2, 0.25) is 0 Å². The van der Waals surface area contributed by atoms with Gasteiger partial charge in [0.25, 0.3) is 0 Å². The lowest BCUT2D eigenvalue weighted by molar-refractivity contribution is -0.129. The molecule has 0 atom stereocenters. The second kappa shape index (κ2) is 12.6. The molecule has 182 valence electrons. The summed E-state index contributed by atoms with van der Waals surface area (Å²) < 4.78 is 16.7. The first-order valence-electron chi connectivity index (χ1n) is 11.7. The lowest BCUT2D eigenvalue weighted by atomic mass is 10.0. The van der Waals surface area contributed by atoms with Crippen molar-refractivity contribution in [3.05, 3.63) is 131 Å². The summed E-state index contributed by atoms with van der Waals surface area (Å²) in [5.74, 6) is 0.889. The Kier molecular flexibility index (Phi) is 8.50. The molecule has 0 fully saturated rings. The molecule has 0 heterocycles. The number of ether oxygens (including phenoxy) is 3. The molecule has 5 nitrogen and oxygen atoms in total. The van der Waals surface area contributed by atoms with Gasteiger partial charge in [0, 0.05) is 6.08 Å². The van der Waals surface area contributed by atoms with Crippen LogP contribution in [0.25, 0.3) is 17.7 Å². The molecule has 4 aromatic carbocycles. The average molecular weight is 488 g/mol. The van der Waals surface area contributed by atoms with Crippen molar-refractivity contribution in [2.75, 3.05) is 7.11 Å². The van der Waals surface area contributed by atoms with Gasteiger partial charge in [0.2, 0.25) is 0 Å². The first-order chi connectivity index (χ1) is 18.1. The van der Waals surface area contributed by atoms with Crippen LogP contribution in [0.15, 0.2) is 109 Å². The van der Waals surface area contributed by atoms with Gasteiger partial charge in [-0.05, 0) is 58.7 Å². The average Bonchev–Trinajstić information content (AvgIpc) is 2.96. The van der Waals surface area contributed by atoms with Gasteiger partial charge in [-0.25, -0.2) is 4.79 Å². The molecule has 5 heteroatoms. The van der Waals surface area contributed by atoms with E-state index in [2.05, 4.69) is 6.07 Å². The maximum absolute atomic E-state index is 12.4. The van der Waals surface area contributed by atoms with Crippen LogP contribution in [0, 0.1) is 11.3 Å². The van der Waals surface area contributed by atoms with Crippen molar-refractivity contribution < 1.29 is 19.0 Å². The molecule has 0 aromatic heterocycles. The van der Waals surface area contributed by atoms with E-state index in [-0.39, 0.29) is 5.75 Å². The minimum Gasteiger partial charge on any atom is -0.493 e. The summed E-state index contributed by atoms with van der Waals surface area (Å²) in [6, 6.07) is 34.2. The number of benzene rings is 4. The number of hydrogen-bond donors (Lipinski definition) is 0. The minimum absolute atomic E-state index is 0.289. The predicted octanol–water partition coefficient (Wildman–Crippen LogP) is 6.96. The lowest BCUT2D eigenvalue weighted by Crippen LogP contribution is -2.05. The Bertz CT molecular complexity index is 1430. The number of nitriles is 1. The van der Waals surface area contributed by atoms with E-state index in [0.717, 1.165) is 28.0 Å². The molecule has 0 bridgehead atoms. The molecule has 4 rings (SSSR count).